The molecule has 1 saturated heterocycles. The molecule has 0 aromatic heterocycles. The molecule has 1 aliphatic heterocycles. The molecule has 0 aromatic carbocycles. The summed E-state index contributed by atoms with van der Waals surface area (Å²) >= 11 is 0. The minimum Gasteiger partial charge on any atom is -0.311 e. The lowest BCUT2D eigenvalue weighted by molar-refractivity contribution is 0.129. The Morgan fingerprint density at radius 3 is 1.89 bits per heavy atom. The summed E-state index contributed by atoms with van der Waals surface area (Å²) in [5.41, 5.74) is 0.470. The van der Waals surface area contributed by atoms with Gasteiger partial charge in [-0.3, -0.25) is 0 Å². The van der Waals surface area contributed by atoms with Gasteiger partial charge in [0.15, 0.2) is 0 Å². The SMILES string of the molecule is CCC(C(C)C)C(C)NC1CC(C)(C)NC(C)(C)C1. The Kier molecular flexibility index (Phi) is 5.48. The van der Waals surface area contributed by atoms with Crippen LogP contribution in [0.1, 0.15) is 74.7 Å². The third kappa shape index (κ3) is 5.07. The fraction of sp³-hybridized carbons (Fsp3) is 1.00. The highest BCUT2D eigenvalue weighted by Crippen LogP contribution is 2.30. The topological polar surface area (TPSA) is 24.1 Å². The summed E-state index contributed by atoms with van der Waals surface area (Å²) in [7, 11) is 0. The summed E-state index contributed by atoms with van der Waals surface area (Å²) in [6.07, 6.45) is 3.70. The third-order valence-corrected chi connectivity index (χ3v) is 4.66. The lowest BCUT2D eigenvalue weighted by Crippen LogP contribution is -2.62. The monoisotopic (exact) mass is 268 g/mol. The zero-order chi connectivity index (χ0) is 14.8. The van der Waals surface area contributed by atoms with Crippen molar-refractivity contribution in [1.29, 1.82) is 0 Å². The lowest BCUT2D eigenvalue weighted by atomic mass is 9.78. The van der Waals surface area contributed by atoms with Crippen LogP contribution in [0.4, 0.5) is 0 Å². The summed E-state index contributed by atoms with van der Waals surface area (Å²) in [6, 6.07) is 1.24. The molecule has 2 unspecified atom stereocenters. The van der Waals surface area contributed by atoms with Crippen molar-refractivity contribution >= 4 is 0 Å². The van der Waals surface area contributed by atoms with Crippen molar-refractivity contribution in [1.82, 2.24) is 10.6 Å². The van der Waals surface area contributed by atoms with E-state index in [1.807, 2.05) is 0 Å². The number of nitrogens with one attached hydrogen (secondary N) is 2. The Hall–Kier alpha value is -0.0800. The van der Waals surface area contributed by atoms with Crippen LogP contribution in [0.5, 0.6) is 0 Å². The summed E-state index contributed by atoms with van der Waals surface area (Å²) in [5, 5.41) is 7.68. The van der Waals surface area contributed by atoms with Crippen LogP contribution in [0.3, 0.4) is 0 Å². The second kappa shape index (κ2) is 6.13. The third-order valence-electron chi connectivity index (χ3n) is 4.66. The number of hydrogen-bond acceptors (Lipinski definition) is 2. The fourth-order valence-corrected chi connectivity index (χ4v) is 4.34. The van der Waals surface area contributed by atoms with E-state index in [2.05, 4.69) is 66.0 Å². The van der Waals surface area contributed by atoms with Gasteiger partial charge in [0.25, 0.3) is 0 Å². The zero-order valence-corrected chi connectivity index (χ0v) is 14.4. The molecule has 19 heavy (non-hydrogen) atoms. The van der Waals surface area contributed by atoms with Crippen molar-refractivity contribution in [3.8, 4) is 0 Å². The largest absolute Gasteiger partial charge is 0.311 e. The quantitative estimate of drug-likeness (QED) is 0.789. The van der Waals surface area contributed by atoms with E-state index in [1.54, 1.807) is 0 Å². The molecule has 0 saturated carbocycles. The van der Waals surface area contributed by atoms with E-state index in [-0.39, 0.29) is 11.1 Å². The molecule has 2 nitrogen and oxygen atoms in total. The Bertz CT molecular complexity index is 265. The highest BCUT2D eigenvalue weighted by Gasteiger charge is 2.38. The van der Waals surface area contributed by atoms with Crippen molar-refractivity contribution in [2.24, 2.45) is 11.8 Å². The van der Waals surface area contributed by atoms with Gasteiger partial charge < -0.3 is 10.6 Å². The van der Waals surface area contributed by atoms with Gasteiger partial charge in [0.05, 0.1) is 0 Å². The van der Waals surface area contributed by atoms with E-state index >= 15 is 0 Å². The first-order chi connectivity index (χ1) is 8.56. The summed E-state index contributed by atoms with van der Waals surface area (Å²) < 4.78 is 0. The average Bonchev–Trinajstić information content (AvgIpc) is 2.11. The fourth-order valence-electron chi connectivity index (χ4n) is 4.34. The van der Waals surface area contributed by atoms with Gasteiger partial charge in [-0.05, 0) is 59.3 Å². The van der Waals surface area contributed by atoms with Crippen LogP contribution in [-0.2, 0) is 0 Å². The van der Waals surface area contributed by atoms with Gasteiger partial charge in [-0.25, -0.2) is 0 Å². The number of piperidine rings is 1. The second-order valence-corrected chi connectivity index (χ2v) is 8.27. The molecule has 1 aliphatic rings. The molecule has 0 spiro atoms. The molecule has 1 heterocycles. The second-order valence-electron chi connectivity index (χ2n) is 8.27. The maximum absolute atomic E-state index is 3.92. The molecule has 0 radical (unpaired) electrons. The Labute approximate surface area is 121 Å². The zero-order valence-electron chi connectivity index (χ0n) is 14.4. The van der Waals surface area contributed by atoms with Gasteiger partial charge in [0.2, 0.25) is 0 Å². The molecule has 1 fully saturated rings. The van der Waals surface area contributed by atoms with Crippen molar-refractivity contribution in [3.63, 3.8) is 0 Å². The molecule has 1 rings (SSSR count). The van der Waals surface area contributed by atoms with E-state index in [0.29, 0.717) is 12.1 Å². The first kappa shape index (κ1) is 17.0. The molecule has 0 amide bonds. The Balaban J connectivity index is 2.65. The molecular formula is C17H36N2. The standard InChI is InChI=1S/C17H36N2/c1-9-15(12(2)3)13(4)18-14-10-16(5,6)19-17(7,8)11-14/h12-15,18-19H,9-11H2,1-8H3. The summed E-state index contributed by atoms with van der Waals surface area (Å²) in [6.45, 7) is 18.7. The first-order valence-electron chi connectivity index (χ1n) is 8.12. The van der Waals surface area contributed by atoms with Crippen LogP contribution in [0.25, 0.3) is 0 Å². The van der Waals surface area contributed by atoms with Crippen molar-refractivity contribution in [2.75, 3.05) is 0 Å². The van der Waals surface area contributed by atoms with Gasteiger partial charge in [0.1, 0.15) is 0 Å². The van der Waals surface area contributed by atoms with Gasteiger partial charge >= 0.3 is 0 Å². The van der Waals surface area contributed by atoms with Gasteiger partial charge in [-0.15, -0.1) is 0 Å². The van der Waals surface area contributed by atoms with Crippen LogP contribution in [0.2, 0.25) is 0 Å². The van der Waals surface area contributed by atoms with Gasteiger partial charge in [-0.1, -0.05) is 27.2 Å². The van der Waals surface area contributed by atoms with Crippen molar-refractivity contribution in [3.05, 3.63) is 0 Å². The molecule has 2 N–H and O–H groups in total. The number of rotatable bonds is 5. The van der Waals surface area contributed by atoms with Crippen molar-refractivity contribution < 1.29 is 0 Å². The Morgan fingerprint density at radius 1 is 1.05 bits per heavy atom. The maximum atomic E-state index is 3.92. The smallest absolute Gasteiger partial charge is 0.0144 e. The van der Waals surface area contributed by atoms with Crippen LogP contribution < -0.4 is 10.6 Å². The van der Waals surface area contributed by atoms with E-state index in [4.69, 9.17) is 0 Å². The highest BCUT2D eigenvalue weighted by atomic mass is 15.1. The molecule has 0 aliphatic carbocycles. The lowest BCUT2D eigenvalue weighted by Gasteiger charge is -2.48. The minimum atomic E-state index is 0.235. The normalized spacial score (nSPS) is 26.4. The average molecular weight is 268 g/mol. The van der Waals surface area contributed by atoms with E-state index in [9.17, 15) is 0 Å². The molecule has 0 aromatic rings. The first-order valence-corrected chi connectivity index (χ1v) is 8.12. The van der Waals surface area contributed by atoms with E-state index in [1.165, 1.54) is 19.3 Å². The predicted molar refractivity (Wildman–Crippen MR) is 85.5 cm³/mol. The maximum Gasteiger partial charge on any atom is 0.0144 e. The highest BCUT2D eigenvalue weighted by molar-refractivity contribution is 5.00. The van der Waals surface area contributed by atoms with Gasteiger partial charge in [0, 0.05) is 23.2 Å². The van der Waals surface area contributed by atoms with Crippen LogP contribution in [0, 0.1) is 11.8 Å². The molecule has 114 valence electrons. The van der Waals surface area contributed by atoms with Crippen LogP contribution >= 0.6 is 0 Å². The number of hydrogen-bond donors (Lipinski definition) is 2. The summed E-state index contributed by atoms with van der Waals surface area (Å²) in [4.78, 5) is 0. The predicted octanol–water partition coefficient (Wildman–Crippen LogP) is 3.96. The summed E-state index contributed by atoms with van der Waals surface area (Å²) in [5.74, 6) is 1.54. The Morgan fingerprint density at radius 2 is 1.53 bits per heavy atom. The van der Waals surface area contributed by atoms with Crippen molar-refractivity contribution in [2.45, 2.75) is 97.8 Å². The minimum absolute atomic E-state index is 0.235. The van der Waals surface area contributed by atoms with E-state index < -0.39 is 0 Å². The van der Waals surface area contributed by atoms with E-state index in [0.717, 1.165) is 11.8 Å². The molecular weight excluding hydrogens is 232 g/mol. The van der Waals surface area contributed by atoms with Crippen LogP contribution in [-0.4, -0.2) is 23.2 Å². The molecule has 2 heteroatoms. The van der Waals surface area contributed by atoms with Crippen LogP contribution in [0.15, 0.2) is 0 Å². The molecule has 2 atom stereocenters. The molecule has 0 bridgehead atoms. The van der Waals surface area contributed by atoms with Gasteiger partial charge in [-0.2, -0.15) is 0 Å².